The van der Waals surface area contributed by atoms with Crippen molar-refractivity contribution in [2.75, 3.05) is 0 Å². The van der Waals surface area contributed by atoms with Gasteiger partial charge in [0.1, 0.15) is 4.60 Å². The third-order valence-electron chi connectivity index (χ3n) is 1.29. The lowest BCUT2D eigenvalue weighted by Gasteiger charge is -1.88. The molecule has 5 heteroatoms. The van der Waals surface area contributed by atoms with E-state index in [0.29, 0.717) is 0 Å². The molecule has 62 valence electrons. The summed E-state index contributed by atoms with van der Waals surface area (Å²) in [6.45, 7) is 0. The van der Waals surface area contributed by atoms with Crippen molar-refractivity contribution >= 4 is 43.2 Å². The number of rotatable bonds is 1. The smallest absolute Gasteiger partial charge is 0.176 e. The Morgan fingerprint density at radius 3 is 2.75 bits per heavy atom. The van der Waals surface area contributed by atoms with Gasteiger partial charge in [0.25, 0.3) is 0 Å². The molecule has 0 aliphatic carbocycles. The molecule has 0 aliphatic rings. The van der Waals surface area contributed by atoms with Crippen LogP contribution in [-0.2, 0) is 0 Å². The summed E-state index contributed by atoms with van der Waals surface area (Å²) in [6.07, 6.45) is 1.63. The molecule has 0 atom stereocenters. The summed E-state index contributed by atoms with van der Waals surface area (Å²) < 4.78 is 7.02. The standard InChI is InChI=1S/C7H3Br2NOS/c8-4-1-2-11-6(4)7-10-5(9)3-12-7/h1-3H. The molecule has 0 amide bonds. The Morgan fingerprint density at radius 2 is 2.25 bits per heavy atom. The lowest BCUT2D eigenvalue weighted by Crippen LogP contribution is -1.70. The first kappa shape index (κ1) is 8.47. The van der Waals surface area contributed by atoms with Crippen LogP contribution in [0.15, 0.2) is 31.2 Å². The van der Waals surface area contributed by atoms with Crippen LogP contribution in [0.4, 0.5) is 0 Å². The summed E-state index contributed by atoms with van der Waals surface area (Å²) in [4.78, 5) is 4.23. The van der Waals surface area contributed by atoms with Gasteiger partial charge < -0.3 is 4.42 Å². The second-order valence-electron chi connectivity index (χ2n) is 2.07. The van der Waals surface area contributed by atoms with Gasteiger partial charge in [-0.1, -0.05) is 0 Å². The van der Waals surface area contributed by atoms with E-state index in [-0.39, 0.29) is 0 Å². The number of hydrogen-bond acceptors (Lipinski definition) is 3. The van der Waals surface area contributed by atoms with Crippen molar-refractivity contribution in [3.05, 3.63) is 26.8 Å². The zero-order chi connectivity index (χ0) is 8.55. The van der Waals surface area contributed by atoms with E-state index in [0.717, 1.165) is 19.8 Å². The van der Waals surface area contributed by atoms with Gasteiger partial charge in [0.05, 0.1) is 10.7 Å². The topological polar surface area (TPSA) is 26.0 Å². The van der Waals surface area contributed by atoms with Crippen LogP contribution in [0.2, 0.25) is 0 Å². The molecular formula is C7H3Br2NOS. The molecule has 0 unspecified atom stereocenters. The third kappa shape index (κ3) is 1.48. The Hall–Kier alpha value is -0.130. The van der Waals surface area contributed by atoms with Gasteiger partial charge in [-0.25, -0.2) is 4.98 Å². The zero-order valence-corrected chi connectivity index (χ0v) is 9.74. The monoisotopic (exact) mass is 307 g/mol. The van der Waals surface area contributed by atoms with E-state index in [1.807, 2.05) is 11.4 Å². The molecule has 0 N–H and O–H groups in total. The molecule has 0 bridgehead atoms. The highest BCUT2D eigenvalue weighted by Gasteiger charge is 2.09. The number of thiazole rings is 1. The summed E-state index contributed by atoms with van der Waals surface area (Å²) in [7, 11) is 0. The van der Waals surface area contributed by atoms with Gasteiger partial charge in [-0.15, -0.1) is 11.3 Å². The highest BCUT2D eigenvalue weighted by atomic mass is 79.9. The first-order chi connectivity index (χ1) is 5.77. The summed E-state index contributed by atoms with van der Waals surface area (Å²) in [5, 5.41) is 2.79. The molecule has 0 aliphatic heterocycles. The van der Waals surface area contributed by atoms with Gasteiger partial charge in [0.2, 0.25) is 0 Å². The van der Waals surface area contributed by atoms with Gasteiger partial charge in [-0.3, -0.25) is 0 Å². The average Bonchev–Trinajstić information content (AvgIpc) is 2.58. The zero-order valence-electron chi connectivity index (χ0n) is 5.75. The maximum atomic E-state index is 5.24. The molecule has 0 radical (unpaired) electrons. The Labute approximate surface area is 89.9 Å². The number of furan rings is 1. The first-order valence-corrected chi connectivity index (χ1v) is 5.58. The van der Waals surface area contributed by atoms with Crippen LogP contribution in [-0.4, -0.2) is 4.98 Å². The van der Waals surface area contributed by atoms with Crippen LogP contribution in [0.5, 0.6) is 0 Å². The van der Waals surface area contributed by atoms with E-state index in [1.54, 1.807) is 6.26 Å². The molecule has 0 aromatic carbocycles. The molecular weight excluding hydrogens is 306 g/mol. The number of nitrogens with zero attached hydrogens (tertiary/aromatic N) is 1. The molecule has 0 fully saturated rings. The summed E-state index contributed by atoms with van der Waals surface area (Å²) in [6, 6.07) is 1.85. The predicted molar refractivity (Wildman–Crippen MR) is 55.2 cm³/mol. The van der Waals surface area contributed by atoms with Gasteiger partial charge in [0, 0.05) is 5.38 Å². The van der Waals surface area contributed by atoms with E-state index in [9.17, 15) is 0 Å². The van der Waals surface area contributed by atoms with Gasteiger partial charge >= 0.3 is 0 Å². The summed E-state index contributed by atoms with van der Waals surface area (Å²) in [5.74, 6) is 0.783. The van der Waals surface area contributed by atoms with Crippen molar-refractivity contribution in [1.29, 1.82) is 0 Å². The maximum Gasteiger partial charge on any atom is 0.176 e. The van der Waals surface area contributed by atoms with Crippen molar-refractivity contribution < 1.29 is 4.42 Å². The Kier molecular flexibility index (Phi) is 2.34. The van der Waals surface area contributed by atoms with Crippen LogP contribution >= 0.6 is 43.2 Å². The lowest BCUT2D eigenvalue weighted by molar-refractivity contribution is 0.580. The number of hydrogen-bond donors (Lipinski definition) is 0. The Morgan fingerprint density at radius 1 is 1.42 bits per heavy atom. The van der Waals surface area contributed by atoms with Crippen molar-refractivity contribution in [2.45, 2.75) is 0 Å². The normalized spacial score (nSPS) is 10.5. The molecule has 2 aromatic heterocycles. The predicted octanol–water partition coefficient (Wildman–Crippen LogP) is 3.93. The second-order valence-corrected chi connectivity index (χ2v) is 4.60. The highest BCUT2D eigenvalue weighted by molar-refractivity contribution is 9.10. The summed E-state index contributed by atoms with van der Waals surface area (Å²) in [5.41, 5.74) is 0. The molecule has 12 heavy (non-hydrogen) atoms. The van der Waals surface area contributed by atoms with Crippen LogP contribution in [0.3, 0.4) is 0 Å². The van der Waals surface area contributed by atoms with E-state index in [1.165, 1.54) is 11.3 Å². The summed E-state index contributed by atoms with van der Waals surface area (Å²) >= 11 is 8.19. The SMILES string of the molecule is Brc1csc(-c2occc2Br)n1. The fourth-order valence-electron chi connectivity index (χ4n) is 0.805. The van der Waals surface area contributed by atoms with E-state index < -0.39 is 0 Å². The molecule has 2 nitrogen and oxygen atoms in total. The lowest BCUT2D eigenvalue weighted by atomic mass is 10.5. The minimum Gasteiger partial charge on any atom is -0.461 e. The largest absolute Gasteiger partial charge is 0.461 e. The number of halogens is 2. The Balaban J connectivity index is 2.50. The Bertz CT molecular complexity index is 396. The maximum absolute atomic E-state index is 5.24. The van der Waals surface area contributed by atoms with E-state index in [4.69, 9.17) is 4.42 Å². The third-order valence-corrected chi connectivity index (χ3v) is 3.46. The minimum atomic E-state index is 0.783. The number of aromatic nitrogens is 1. The average molecular weight is 309 g/mol. The molecule has 2 aromatic rings. The fourth-order valence-corrected chi connectivity index (χ4v) is 2.58. The van der Waals surface area contributed by atoms with Gasteiger partial charge in [-0.2, -0.15) is 0 Å². The van der Waals surface area contributed by atoms with Crippen molar-refractivity contribution in [3.8, 4) is 10.8 Å². The molecule has 0 saturated carbocycles. The van der Waals surface area contributed by atoms with Crippen molar-refractivity contribution in [2.24, 2.45) is 0 Å². The quantitative estimate of drug-likeness (QED) is 0.798. The van der Waals surface area contributed by atoms with Crippen LogP contribution in [0.25, 0.3) is 10.8 Å². The molecule has 0 saturated heterocycles. The highest BCUT2D eigenvalue weighted by Crippen LogP contribution is 2.32. The van der Waals surface area contributed by atoms with Gasteiger partial charge in [0.15, 0.2) is 10.8 Å². The van der Waals surface area contributed by atoms with Crippen LogP contribution < -0.4 is 0 Å². The molecule has 0 spiro atoms. The van der Waals surface area contributed by atoms with E-state index >= 15 is 0 Å². The van der Waals surface area contributed by atoms with Gasteiger partial charge in [-0.05, 0) is 37.9 Å². The first-order valence-electron chi connectivity index (χ1n) is 3.12. The van der Waals surface area contributed by atoms with Crippen LogP contribution in [0.1, 0.15) is 0 Å². The van der Waals surface area contributed by atoms with Crippen LogP contribution in [0, 0.1) is 0 Å². The second kappa shape index (κ2) is 3.32. The molecule has 2 rings (SSSR count). The van der Waals surface area contributed by atoms with E-state index in [2.05, 4.69) is 36.8 Å². The fraction of sp³-hybridized carbons (Fsp3) is 0. The minimum absolute atomic E-state index is 0.783. The van der Waals surface area contributed by atoms with Crippen molar-refractivity contribution in [3.63, 3.8) is 0 Å². The van der Waals surface area contributed by atoms with Crippen molar-refractivity contribution in [1.82, 2.24) is 4.98 Å². The molecule has 2 heterocycles.